The third-order valence-electron chi connectivity index (χ3n) is 1.70. The lowest BCUT2D eigenvalue weighted by Gasteiger charge is -2.18. The molecular weight excluding hydrogens is 180 g/mol. The summed E-state index contributed by atoms with van der Waals surface area (Å²) in [5, 5.41) is 2.58. The molecule has 1 amide bonds. The molecule has 0 aliphatic heterocycles. The summed E-state index contributed by atoms with van der Waals surface area (Å²) in [7, 11) is 2.03. The third-order valence-corrected chi connectivity index (χ3v) is 1.70. The first-order valence-electron chi connectivity index (χ1n) is 5.15. The fourth-order valence-corrected chi connectivity index (χ4v) is 1.20. The monoisotopic (exact) mass is 202 g/mol. The van der Waals surface area contributed by atoms with Gasteiger partial charge in [-0.3, -0.25) is 0 Å². The minimum atomic E-state index is -0.328. The average molecular weight is 202 g/mol. The topological polar surface area (TPSA) is 41.6 Å². The zero-order valence-electron chi connectivity index (χ0n) is 9.67. The molecule has 84 valence electrons. The zero-order chi connectivity index (χ0) is 11.0. The van der Waals surface area contributed by atoms with Crippen molar-refractivity contribution in [2.45, 2.75) is 20.8 Å². The molecule has 0 aliphatic carbocycles. The van der Waals surface area contributed by atoms with Crippen LogP contribution in [0.5, 0.6) is 0 Å². The van der Waals surface area contributed by atoms with E-state index in [-0.39, 0.29) is 6.09 Å². The Hall–Kier alpha value is -0.770. The molecule has 0 unspecified atom stereocenters. The van der Waals surface area contributed by atoms with E-state index in [9.17, 15) is 4.79 Å². The van der Waals surface area contributed by atoms with Crippen LogP contribution in [0.2, 0.25) is 0 Å². The molecule has 0 saturated heterocycles. The Bertz CT molecular complexity index is 160. The van der Waals surface area contributed by atoms with E-state index in [1.54, 1.807) is 0 Å². The minimum Gasteiger partial charge on any atom is -0.448 e. The van der Waals surface area contributed by atoms with Crippen molar-refractivity contribution in [3.63, 3.8) is 0 Å². The van der Waals surface area contributed by atoms with Crippen LogP contribution >= 0.6 is 0 Å². The maximum Gasteiger partial charge on any atom is 0.407 e. The SMILES string of the molecule is CCNC(=O)OCCN(C)CC(C)C. The molecular formula is C10H22N2O2. The molecule has 4 heteroatoms. The molecule has 0 radical (unpaired) electrons. The number of carbonyl (C=O) groups is 1. The Balaban J connectivity index is 3.39. The Morgan fingerprint density at radius 2 is 2.14 bits per heavy atom. The van der Waals surface area contributed by atoms with Crippen LogP contribution in [0.15, 0.2) is 0 Å². The van der Waals surface area contributed by atoms with Crippen molar-refractivity contribution in [2.24, 2.45) is 5.92 Å². The lowest BCUT2D eigenvalue weighted by Crippen LogP contribution is -2.30. The lowest BCUT2D eigenvalue weighted by molar-refractivity contribution is 0.131. The molecule has 0 atom stereocenters. The predicted octanol–water partition coefficient (Wildman–Crippen LogP) is 1.32. The normalized spacial score (nSPS) is 10.7. The molecule has 1 N–H and O–H groups in total. The van der Waals surface area contributed by atoms with Crippen LogP contribution in [0.25, 0.3) is 0 Å². The highest BCUT2D eigenvalue weighted by atomic mass is 16.5. The van der Waals surface area contributed by atoms with Crippen LogP contribution in [-0.4, -0.2) is 44.3 Å². The van der Waals surface area contributed by atoms with E-state index in [0.29, 0.717) is 19.1 Å². The van der Waals surface area contributed by atoms with Gasteiger partial charge in [-0.15, -0.1) is 0 Å². The van der Waals surface area contributed by atoms with Gasteiger partial charge in [0.1, 0.15) is 6.61 Å². The number of rotatable bonds is 6. The fourth-order valence-electron chi connectivity index (χ4n) is 1.20. The second kappa shape index (κ2) is 7.62. The number of ether oxygens (including phenoxy) is 1. The van der Waals surface area contributed by atoms with Gasteiger partial charge in [0, 0.05) is 19.6 Å². The number of hydrogen-bond acceptors (Lipinski definition) is 3. The van der Waals surface area contributed by atoms with Crippen molar-refractivity contribution in [3.05, 3.63) is 0 Å². The van der Waals surface area contributed by atoms with Gasteiger partial charge in [0.15, 0.2) is 0 Å². The standard InChI is InChI=1S/C10H22N2O2/c1-5-11-10(13)14-7-6-12(4)8-9(2)3/h9H,5-8H2,1-4H3,(H,11,13). The highest BCUT2D eigenvalue weighted by Crippen LogP contribution is 1.94. The largest absolute Gasteiger partial charge is 0.448 e. The summed E-state index contributed by atoms with van der Waals surface area (Å²) in [6, 6.07) is 0. The first-order chi connectivity index (χ1) is 6.56. The molecule has 0 spiro atoms. The van der Waals surface area contributed by atoms with Gasteiger partial charge in [-0.1, -0.05) is 13.8 Å². The number of likely N-dealkylation sites (N-methyl/N-ethyl adjacent to an activating group) is 1. The smallest absolute Gasteiger partial charge is 0.407 e. The van der Waals surface area contributed by atoms with Crippen LogP contribution in [0, 0.1) is 5.92 Å². The molecule has 0 fully saturated rings. The minimum absolute atomic E-state index is 0.328. The van der Waals surface area contributed by atoms with E-state index in [4.69, 9.17) is 4.74 Å². The second-order valence-corrected chi connectivity index (χ2v) is 3.82. The van der Waals surface area contributed by atoms with Crippen LogP contribution in [0.4, 0.5) is 4.79 Å². The summed E-state index contributed by atoms with van der Waals surface area (Å²) in [4.78, 5) is 13.1. The molecule has 14 heavy (non-hydrogen) atoms. The van der Waals surface area contributed by atoms with E-state index in [1.807, 2.05) is 14.0 Å². The zero-order valence-corrected chi connectivity index (χ0v) is 9.67. The second-order valence-electron chi connectivity index (χ2n) is 3.82. The van der Waals surface area contributed by atoms with Gasteiger partial charge in [-0.25, -0.2) is 4.79 Å². The van der Waals surface area contributed by atoms with Gasteiger partial charge in [0.2, 0.25) is 0 Å². The van der Waals surface area contributed by atoms with Gasteiger partial charge in [0.05, 0.1) is 0 Å². The quantitative estimate of drug-likeness (QED) is 0.706. The summed E-state index contributed by atoms with van der Waals surface area (Å²) in [6.07, 6.45) is -0.328. The maximum atomic E-state index is 10.9. The molecule has 0 heterocycles. The van der Waals surface area contributed by atoms with E-state index >= 15 is 0 Å². The summed E-state index contributed by atoms with van der Waals surface area (Å²) in [5.74, 6) is 0.643. The number of nitrogens with one attached hydrogen (secondary N) is 1. The molecule has 0 bridgehead atoms. The molecule has 0 aromatic carbocycles. The predicted molar refractivity (Wildman–Crippen MR) is 57.4 cm³/mol. The fraction of sp³-hybridized carbons (Fsp3) is 0.900. The summed E-state index contributed by atoms with van der Waals surface area (Å²) < 4.78 is 4.94. The summed E-state index contributed by atoms with van der Waals surface area (Å²) >= 11 is 0. The number of hydrogen-bond donors (Lipinski definition) is 1. The van der Waals surface area contributed by atoms with Crippen LogP contribution in [0.1, 0.15) is 20.8 Å². The van der Waals surface area contributed by atoms with Crippen LogP contribution < -0.4 is 5.32 Å². The Morgan fingerprint density at radius 1 is 1.50 bits per heavy atom. The molecule has 0 saturated carbocycles. The number of carbonyl (C=O) groups excluding carboxylic acids is 1. The first kappa shape index (κ1) is 13.2. The van der Waals surface area contributed by atoms with Crippen LogP contribution in [-0.2, 0) is 4.74 Å². The van der Waals surface area contributed by atoms with Crippen LogP contribution in [0.3, 0.4) is 0 Å². The third kappa shape index (κ3) is 7.86. The highest BCUT2D eigenvalue weighted by Gasteiger charge is 2.03. The van der Waals surface area contributed by atoms with Gasteiger partial charge < -0.3 is 15.0 Å². The van der Waals surface area contributed by atoms with Crippen molar-refractivity contribution in [2.75, 3.05) is 33.3 Å². The Morgan fingerprint density at radius 3 is 2.64 bits per heavy atom. The van der Waals surface area contributed by atoms with Gasteiger partial charge in [0.25, 0.3) is 0 Å². The van der Waals surface area contributed by atoms with E-state index < -0.39 is 0 Å². The van der Waals surface area contributed by atoms with E-state index in [0.717, 1.165) is 13.1 Å². The van der Waals surface area contributed by atoms with Crippen molar-refractivity contribution in [1.82, 2.24) is 10.2 Å². The van der Waals surface area contributed by atoms with Gasteiger partial charge >= 0.3 is 6.09 Å². The Labute approximate surface area is 86.6 Å². The molecule has 0 aliphatic rings. The maximum absolute atomic E-state index is 10.9. The average Bonchev–Trinajstić information content (AvgIpc) is 2.02. The van der Waals surface area contributed by atoms with Gasteiger partial charge in [-0.05, 0) is 19.9 Å². The molecule has 0 aromatic rings. The first-order valence-corrected chi connectivity index (χ1v) is 5.15. The molecule has 0 aromatic heterocycles. The Kier molecular flexibility index (Phi) is 7.20. The van der Waals surface area contributed by atoms with Crippen molar-refractivity contribution in [1.29, 1.82) is 0 Å². The molecule has 4 nitrogen and oxygen atoms in total. The number of nitrogens with zero attached hydrogens (tertiary/aromatic N) is 1. The molecule has 0 rings (SSSR count). The van der Waals surface area contributed by atoms with E-state index in [2.05, 4.69) is 24.1 Å². The lowest BCUT2D eigenvalue weighted by atomic mass is 10.2. The highest BCUT2D eigenvalue weighted by molar-refractivity contribution is 5.66. The van der Waals surface area contributed by atoms with Crippen molar-refractivity contribution in [3.8, 4) is 0 Å². The summed E-state index contributed by atoms with van der Waals surface area (Å²) in [5.41, 5.74) is 0. The summed E-state index contributed by atoms with van der Waals surface area (Å²) in [6.45, 7) is 9.08. The van der Waals surface area contributed by atoms with Crippen molar-refractivity contribution < 1.29 is 9.53 Å². The number of amides is 1. The number of alkyl carbamates (subject to hydrolysis) is 1. The van der Waals surface area contributed by atoms with E-state index in [1.165, 1.54) is 0 Å². The van der Waals surface area contributed by atoms with Gasteiger partial charge in [-0.2, -0.15) is 0 Å². The van der Waals surface area contributed by atoms with Crippen molar-refractivity contribution >= 4 is 6.09 Å².